The monoisotopic (exact) mass is 303 g/mol. The lowest BCUT2D eigenvalue weighted by Crippen LogP contribution is -2.46. The van der Waals surface area contributed by atoms with Crippen LogP contribution < -0.4 is 0 Å². The van der Waals surface area contributed by atoms with Crippen molar-refractivity contribution in [1.29, 1.82) is 0 Å². The predicted molar refractivity (Wildman–Crippen MR) is 68.3 cm³/mol. The van der Waals surface area contributed by atoms with Gasteiger partial charge in [0.2, 0.25) is 5.91 Å². The summed E-state index contributed by atoms with van der Waals surface area (Å²) in [6.07, 6.45) is -4.44. The Bertz CT molecular complexity index is 504. The van der Waals surface area contributed by atoms with Crippen LogP contribution in [0.2, 0.25) is 0 Å². The molecule has 21 heavy (non-hydrogen) atoms. The SMILES string of the molecule is O=C1COC(CCO)CN1Cc1ccccc1C(F)(F)F. The van der Waals surface area contributed by atoms with E-state index in [0.29, 0.717) is 6.42 Å². The van der Waals surface area contributed by atoms with Crippen LogP contribution in [0, 0.1) is 0 Å². The second-order valence-corrected chi connectivity index (χ2v) is 4.87. The molecule has 0 aromatic heterocycles. The molecule has 1 aliphatic heterocycles. The normalized spacial score (nSPS) is 19.9. The van der Waals surface area contributed by atoms with Gasteiger partial charge in [0.15, 0.2) is 0 Å². The van der Waals surface area contributed by atoms with Gasteiger partial charge in [-0.1, -0.05) is 18.2 Å². The zero-order valence-electron chi connectivity index (χ0n) is 11.3. The summed E-state index contributed by atoms with van der Waals surface area (Å²) in [6, 6.07) is 5.21. The quantitative estimate of drug-likeness (QED) is 0.923. The van der Waals surface area contributed by atoms with Crippen LogP contribution in [-0.2, 0) is 22.3 Å². The van der Waals surface area contributed by atoms with Gasteiger partial charge in [-0.3, -0.25) is 4.79 Å². The van der Waals surface area contributed by atoms with Crippen LogP contribution in [0.25, 0.3) is 0 Å². The van der Waals surface area contributed by atoms with Gasteiger partial charge >= 0.3 is 6.18 Å². The van der Waals surface area contributed by atoms with E-state index in [4.69, 9.17) is 9.84 Å². The molecule has 1 saturated heterocycles. The molecule has 116 valence electrons. The maximum Gasteiger partial charge on any atom is 0.416 e. The third-order valence-electron chi connectivity index (χ3n) is 3.35. The van der Waals surface area contributed by atoms with Crippen molar-refractivity contribution in [2.45, 2.75) is 25.2 Å². The van der Waals surface area contributed by atoms with E-state index in [9.17, 15) is 18.0 Å². The Kier molecular flexibility index (Phi) is 4.84. The van der Waals surface area contributed by atoms with E-state index in [1.165, 1.54) is 23.1 Å². The van der Waals surface area contributed by atoms with Crippen molar-refractivity contribution in [1.82, 2.24) is 4.90 Å². The molecule has 1 amide bonds. The Morgan fingerprint density at radius 3 is 2.71 bits per heavy atom. The summed E-state index contributed by atoms with van der Waals surface area (Å²) < 4.78 is 44.0. The summed E-state index contributed by atoms with van der Waals surface area (Å²) in [7, 11) is 0. The molecular formula is C14H16F3NO3. The number of rotatable bonds is 4. The van der Waals surface area contributed by atoms with Crippen LogP contribution >= 0.6 is 0 Å². The van der Waals surface area contributed by atoms with Crippen molar-refractivity contribution in [2.75, 3.05) is 19.8 Å². The second kappa shape index (κ2) is 6.44. The minimum absolute atomic E-state index is 0.0583. The van der Waals surface area contributed by atoms with E-state index in [-0.39, 0.29) is 43.9 Å². The Hall–Kier alpha value is -1.60. The third kappa shape index (κ3) is 3.95. The second-order valence-electron chi connectivity index (χ2n) is 4.87. The van der Waals surface area contributed by atoms with E-state index in [2.05, 4.69) is 0 Å². The summed E-state index contributed by atoms with van der Waals surface area (Å²) in [4.78, 5) is 13.1. The number of benzene rings is 1. The maximum atomic E-state index is 12.9. The lowest BCUT2D eigenvalue weighted by molar-refractivity contribution is -0.151. The zero-order chi connectivity index (χ0) is 15.5. The Morgan fingerprint density at radius 1 is 1.33 bits per heavy atom. The van der Waals surface area contributed by atoms with Crippen LogP contribution in [0.1, 0.15) is 17.5 Å². The molecule has 0 saturated carbocycles. The van der Waals surface area contributed by atoms with Crippen LogP contribution in [0.4, 0.5) is 13.2 Å². The molecule has 7 heteroatoms. The number of carbonyl (C=O) groups excluding carboxylic acids is 1. The molecule has 1 heterocycles. The van der Waals surface area contributed by atoms with Gasteiger partial charge in [-0.15, -0.1) is 0 Å². The number of nitrogens with zero attached hydrogens (tertiary/aromatic N) is 1. The fraction of sp³-hybridized carbons (Fsp3) is 0.500. The molecule has 0 radical (unpaired) electrons. The highest BCUT2D eigenvalue weighted by Gasteiger charge is 2.34. The Balaban J connectivity index is 2.15. The lowest BCUT2D eigenvalue weighted by Gasteiger charge is -2.33. The van der Waals surface area contributed by atoms with Crippen LogP contribution in [0.5, 0.6) is 0 Å². The average molecular weight is 303 g/mol. The highest BCUT2D eigenvalue weighted by Crippen LogP contribution is 2.32. The molecule has 4 nitrogen and oxygen atoms in total. The highest BCUT2D eigenvalue weighted by atomic mass is 19.4. The number of hydrogen-bond donors (Lipinski definition) is 1. The molecule has 1 N–H and O–H groups in total. The Morgan fingerprint density at radius 2 is 2.05 bits per heavy atom. The fourth-order valence-electron chi connectivity index (χ4n) is 2.29. The molecule has 0 bridgehead atoms. The molecule has 1 aliphatic rings. The van der Waals surface area contributed by atoms with E-state index in [0.717, 1.165) is 6.07 Å². The topological polar surface area (TPSA) is 49.8 Å². The van der Waals surface area contributed by atoms with Gasteiger partial charge < -0.3 is 14.7 Å². The van der Waals surface area contributed by atoms with E-state index in [1.807, 2.05) is 0 Å². The standard InChI is InChI=1S/C14H16F3NO3/c15-14(16,17)12-4-2-1-3-10(12)7-18-8-11(5-6-19)21-9-13(18)20/h1-4,11,19H,5-9H2. The highest BCUT2D eigenvalue weighted by molar-refractivity contribution is 5.78. The van der Waals surface area contributed by atoms with Gasteiger partial charge in [0.25, 0.3) is 0 Å². The van der Waals surface area contributed by atoms with E-state index < -0.39 is 11.7 Å². The minimum Gasteiger partial charge on any atom is -0.396 e. The third-order valence-corrected chi connectivity index (χ3v) is 3.35. The van der Waals surface area contributed by atoms with Crippen LogP contribution in [0.3, 0.4) is 0 Å². The lowest BCUT2D eigenvalue weighted by atomic mass is 10.1. The van der Waals surface area contributed by atoms with Crippen LogP contribution in [-0.4, -0.2) is 41.8 Å². The molecule has 2 rings (SSSR count). The molecule has 1 aromatic carbocycles. The maximum absolute atomic E-state index is 12.9. The zero-order valence-corrected chi connectivity index (χ0v) is 11.3. The first kappa shape index (κ1) is 15.8. The molecule has 0 aliphatic carbocycles. The smallest absolute Gasteiger partial charge is 0.396 e. The number of halogens is 3. The molecule has 1 fully saturated rings. The van der Waals surface area contributed by atoms with Crippen molar-refractivity contribution in [3.63, 3.8) is 0 Å². The molecular weight excluding hydrogens is 287 g/mol. The Labute approximate surface area is 120 Å². The summed E-state index contributed by atoms with van der Waals surface area (Å²) in [5.41, 5.74) is -0.675. The van der Waals surface area contributed by atoms with Crippen molar-refractivity contribution in [3.8, 4) is 0 Å². The molecule has 1 aromatic rings. The number of amides is 1. The first-order chi connectivity index (χ1) is 9.91. The number of carbonyl (C=O) groups is 1. The number of alkyl halides is 3. The number of aliphatic hydroxyl groups is 1. The van der Waals surface area contributed by atoms with Gasteiger partial charge in [0.05, 0.1) is 11.7 Å². The van der Waals surface area contributed by atoms with Crippen LogP contribution in [0.15, 0.2) is 24.3 Å². The summed E-state index contributed by atoms with van der Waals surface area (Å²) in [5.74, 6) is -0.346. The molecule has 1 unspecified atom stereocenters. The summed E-state index contributed by atoms with van der Waals surface area (Å²) >= 11 is 0. The van der Waals surface area contributed by atoms with E-state index in [1.54, 1.807) is 0 Å². The van der Waals surface area contributed by atoms with Gasteiger partial charge in [-0.05, 0) is 18.1 Å². The number of ether oxygens (including phenoxy) is 1. The molecule has 0 spiro atoms. The van der Waals surface area contributed by atoms with Crippen molar-refractivity contribution in [2.24, 2.45) is 0 Å². The number of morpholine rings is 1. The number of hydrogen-bond acceptors (Lipinski definition) is 3. The van der Waals surface area contributed by atoms with E-state index >= 15 is 0 Å². The van der Waals surface area contributed by atoms with Gasteiger partial charge in [0.1, 0.15) is 6.61 Å². The minimum atomic E-state index is -4.45. The summed E-state index contributed by atoms with van der Waals surface area (Å²) in [6.45, 7) is -0.184. The molecule has 1 atom stereocenters. The van der Waals surface area contributed by atoms with Gasteiger partial charge in [0, 0.05) is 19.7 Å². The first-order valence-electron chi connectivity index (χ1n) is 6.57. The first-order valence-corrected chi connectivity index (χ1v) is 6.57. The summed E-state index contributed by atoms with van der Waals surface area (Å²) in [5, 5.41) is 8.88. The van der Waals surface area contributed by atoms with Gasteiger partial charge in [-0.25, -0.2) is 0 Å². The predicted octanol–water partition coefficient (Wildman–Crippen LogP) is 1.82. The number of aliphatic hydroxyl groups excluding tert-OH is 1. The fourth-order valence-corrected chi connectivity index (χ4v) is 2.29. The van der Waals surface area contributed by atoms with Crippen molar-refractivity contribution in [3.05, 3.63) is 35.4 Å². The van der Waals surface area contributed by atoms with Crippen molar-refractivity contribution >= 4 is 5.91 Å². The average Bonchev–Trinajstić information content (AvgIpc) is 2.42. The van der Waals surface area contributed by atoms with Gasteiger partial charge in [-0.2, -0.15) is 13.2 Å². The largest absolute Gasteiger partial charge is 0.416 e. The van der Waals surface area contributed by atoms with Crippen molar-refractivity contribution < 1.29 is 27.8 Å².